The lowest BCUT2D eigenvalue weighted by Gasteiger charge is -2.18. The molecule has 0 unspecified atom stereocenters. The quantitative estimate of drug-likeness (QED) is 0.492. The first-order valence-corrected chi connectivity index (χ1v) is 10.9. The molecule has 0 fully saturated rings. The molecule has 146 valence electrons. The maximum Gasteiger partial charge on any atom is 0.251 e. The molecule has 3 aromatic rings. The van der Waals surface area contributed by atoms with Gasteiger partial charge in [-0.2, -0.15) is 0 Å². The minimum Gasteiger partial charge on any atom is -0.366 e. The lowest BCUT2D eigenvalue weighted by Crippen LogP contribution is -2.31. The van der Waals surface area contributed by atoms with Gasteiger partial charge in [0, 0.05) is 4.88 Å². The van der Waals surface area contributed by atoms with Crippen LogP contribution in [0.1, 0.15) is 45.7 Å². The molecule has 0 aliphatic heterocycles. The Bertz CT molecular complexity index is 918. The van der Waals surface area contributed by atoms with Crippen LogP contribution in [0.3, 0.4) is 0 Å². The SMILES string of the molecule is CCCc1ccc([C@H](NCC(=O)Nc2sccc2C(N)=O)c2cccs2)cc1. The Morgan fingerprint density at radius 1 is 1.07 bits per heavy atom. The summed E-state index contributed by atoms with van der Waals surface area (Å²) in [6, 6.07) is 14.1. The van der Waals surface area contributed by atoms with E-state index in [-0.39, 0.29) is 18.5 Å². The van der Waals surface area contributed by atoms with Crippen molar-refractivity contribution < 1.29 is 9.59 Å². The van der Waals surface area contributed by atoms with Crippen LogP contribution in [0.2, 0.25) is 0 Å². The van der Waals surface area contributed by atoms with Crippen molar-refractivity contribution in [1.82, 2.24) is 5.32 Å². The molecule has 0 spiro atoms. The van der Waals surface area contributed by atoms with E-state index >= 15 is 0 Å². The van der Waals surface area contributed by atoms with Gasteiger partial charge in [0.15, 0.2) is 0 Å². The van der Waals surface area contributed by atoms with E-state index in [9.17, 15) is 9.59 Å². The number of thiophene rings is 2. The Balaban J connectivity index is 1.69. The molecule has 5 nitrogen and oxygen atoms in total. The van der Waals surface area contributed by atoms with Gasteiger partial charge >= 0.3 is 0 Å². The first kappa shape index (κ1) is 20.3. The van der Waals surface area contributed by atoms with E-state index in [1.54, 1.807) is 22.8 Å². The summed E-state index contributed by atoms with van der Waals surface area (Å²) in [7, 11) is 0. The van der Waals surface area contributed by atoms with Crippen molar-refractivity contribution >= 4 is 39.5 Å². The van der Waals surface area contributed by atoms with Gasteiger partial charge in [0.05, 0.1) is 18.2 Å². The molecule has 0 saturated heterocycles. The fraction of sp³-hybridized carbons (Fsp3) is 0.238. The maximum absolute atomic E-state index is 12.4. The number of anilines is 1. The monoisotopic (exact) mass is 413 g/mol. The van der Waals surface area contributed by atoms with Crippen molar-refractivity contribution in [2.45, 2.75) is 25.8 Å². The number of carbonyl (C=O) groups excluding carboxylic acids is 2. The highest BCUT2D eigenvalue weighted by Gasteiger charge is 2.17. The topological polar surface area (TPSA) is 84.2 Å². The second kappa shape index (κ2) is 9.64. The molecule has 1 aromatic carbocycles. The van der Waals surface area contributed by atoms with Crippen LogP contribution < -0.4 is 16.4 Å². The number of hydrogen-bond acceptors (Lipinski definition) is 5. The molecule has 0 bridgehead atoms. The largest absolute Gasteiger partial charge is 0.366 e. The normalized spacial score (nSPS) is 11.9. The number of amides is 2. The van der Waals surface area contributed by atoms with Gasteiger partial charge in [0.2, 0.25) is 5.91 Å². The standard InChI is InChI=1S/C21H23N3O2S2/c1-2-4-14-6-8-15(9-7-14)19(17-5-3-11-27-17)23-13-18(25)24-21-16(20(22)26)10-12-28-21/h3,5-12,19,23H,2,4,13H2,1H3,(H2,22,26)(H,24,25)/t19-/m0/s1. The molecule has 2 aromatic heterocycles. The van der Waals surface area contributed by atoms with Crippen LogP contribution >= 0.6 is 22.7 Å². The zero-order valence-corrected chi connectivity index (χ0v) is 17.2. The van der Waals surface area contributed by atoms with E-state index < -0.39 is 5.91 Å². The smallest absolute Gasteiger partial charge is 0.251 e. The van der Waals surface area contributed by atoms with Gasteiger partial charge in [-0.15, -0.1) is 22.7 Å². The summed E-state index contributed by atoms with van der Waals surface area (Å²) in [6.45, 7) is 2.29. The van der Waals surface area contributed by atoms with E-state index in [0.717, 1.165) is 23.3 Å². The predicted octanol–water partition coefficient (Wildman–Crippen LogP) is 4.18. The summed E-state index contributed by atoms with van der Waals surface area (Å²) in [5, 5.41) is 10.3. The number of primary amides is 1. The number of nitrogens with one attached hydrogen (secondary N) is 2. The molecule has 1 atom stereocenters. The number of hydrogen-bond donors (Lipinski definition) is 3. The molecule has 0 aliphatic carbocycles. The fourth-order valence-corrected chi connectivity index (χ4v) is 4.60. The van der Waals surface area contributed by atoms with Crippen molar-refractivity contribution in [2.24, 2.45) is 5.73 Å². The Kier molecular flexibility index (Phi) is 6.97. The van der Waals surface area contributed by atoms with Gasteiger partial charge in [0.25, 0.3) is 5.91 Å². The Hall–Kier alpha value is -2.48. The number of aryl methyl sites for hydroxylation is 1. The summed E-state index contributed by atoms with van der Waals surface area (Å²) < 4.78 is 0. The third-order valence-electron chi connectivity index (χ3n) is 4.33. The molecule has 7 heteroatoms. The summed E-state index contributed by atoms with van der Waals surface area (Å²) >= 11 is 2.93. The van der Waals surface area contributed by atoms with Crippen molar-refractivity contribution in [3.05, 3.63) is 74.8 Å². The van der Waals surface area contributed by atoms with Crippen LogP contribution in [-0.2, 0) is 11.2 Å². The predicted molar refractivity (Wildman–Crippen MR) is 116 cm³/mol. The minimum absolute atomic E-state index is 0.0691. The first-order chi connectivity index (χ1) is 13.6. The van der Waals surface area contributed by atoms with Crippen LogP contribution in [0.25, 0.3) is 0 Å². The van der Waals surface area contributed by atoms with Gasteiger partial charge < -0.3 is 11.1 Å². The highest BCUT2D eigenvalue weighted by atomic mass is 32.1. The number of carbonyl (C=O) groups is 2. The average molecular weight is 414 g/mol. The van der Waals surface area contributed by atoms with E-state index in [2.05, 4.69) is 47.9 Å². The van der Waals surface area contributed by atoms with Crippen molar-refractivity contribution in [1.29, 1.82) is 0 Å². The highest BCUT2D eigenvalue weighted by molar-refractivity contribution is 7.14. The van der Waals surface area contributed by atoms with Gasteiger partial charge in [0.1, 0.15) is 5.00 Å². The van der Waals surface area contributed by atoms with E-state index in [0.29, 0.717) is 10.6 Å². The molecule has 4 N–H and O–H groups in total. The van der Waals surface area contributed by atoms with Gasteiger partial charge in [-0.1, -0.05) is 43.7 Å². The number of rotatable bonds is 9. The van der Waals surface area contributed by atoms with Crippen LogP contribution in [0.15, 0.2) is 53.2 Å². The van der Waals surface area contributed by atoms with Gasteiger partial charge in [-0.25, -0.2) is 0 Å². The summed E-state index contributed by atoms with van der Waals surface area (Å²) in [4.78, 5) is 25.0. The minimum atomic E-state index is -0.548. The maximum atomic E-state index is 12.4. The summed E-state index contributed by atoms with van der Waals surface area (Å²) in [6.07, 6.45) is 2.17. The third kappa shape index (κ3) is 5.07. The van der Waals surface area contributed by atoms with Crippen LogP contribution in [0.4, 0.5) is 5.00 Å². The highest BCUT2D eigenvalue weighted by Crippen LogP contribution is 2.27. The molecule has 3 rings (SSSR count). The second-order valence-electron chi connectivity index (χ2n) is 6.40. The molecule has 28 heavy (non-hydrogen) atoms. The Labute approximate surface area is 172 Å². The van der Waals surface area contributed by atoms with Crippen molar-refractivity contribution in [2.75, 3.05) is 11.9 Å². The zero-order valence-electron chi connectivity index (χ0n) is 15.6. The molecule has 2 amide bonds. The first-order valence-electron chi connectivity index (χ1n) is 9.11. The lowest BCUT2D eigenvalue weighted by atomic mass is 10.0. The van der Waals surface area contributed by atoms with Crippen molar-refractivity contribution in [3.63, 3.8) is 0 Å². The molecular formula is C21H23N3O2S2. The van der Waals surface area contributed by atoms with Crippen LogP contribution in [-0.4, -0.2) is 18.4 Å². The summed E-state index contributed by atoms with van der Waals surface area (Å²) in [5.74, 6) is -0.762. The molecule has 0 saturated carbocycles. The Morgan fingerprint density at radius 3 is 2.50 bits per heavy atom. The third-order valence-corrected chi connectivity index (χ3v) is 6.10. The molecule has 0 aliphatic rings. The number of benzene rings is 1. The average Bonchev–Trinajstić information content (AvgIpc) is 3.35. The van der Waals surface area contributed by atoms with Gasteiger partial charge in [-0.05, 0) is 40.4 Å². The van der Waals surface area contributed by atoms with E-state index in [1.165, 1.54) is 16.9 Å². The van der Waals surface area contributed by atoms with Crippen LogP contribution in [0.5, 0.6) is 0 Å². The van der Waals surface area contributed by atoms with Gasteiger partial charge in [-0.3, -0.25) is 14.9 Å². The molecular weight excluding hydrogens is 390 g/mol. The summed E-state index contributed by atoms with van der Waals surface area (Å²) in [5.41, 5.74) is 8.09. The second-order valence-corrected chi connectivity index (χ2v) is 8.29. The Morgan fingerprint density at radius 2 is 1.86 bits per heavy atom. The fourth-order valence-electron chi connectivity index (χ4n) is 2.97. The zero-order chi connectivity index (χ0) is 19.9. The van der Waals surface area contributed by atoms with Crippen molar-refractivity contribution in [3.8, 4) is 0 Å². The number of nitrogens with two attached hydrogens (primary N) is 1. The molecule has 0 radical (unpaired) electrons. The van der Waals surface area contributed by atoms with E-state index in [1.807, 2.05) is 11.4 Å². The molecule has 2 heterocycles. The van der Waals surface area contributed by atoms with Crippen LogP contribution in [0, 0.1) is 0 Å². The lowest BCUT2D eigenvalue weighted by molar-refractivity contribution is -0.115. The van der Waals surface area contributed by atoms with E-state index in [4.69, 9.17) is 5.73 Å².